The fourth-order valence-corrected chi connectivity index (χ4v) is 3.46. The van der Waals surface area contributed by atoms with Crippen LogP contribution in [-0.4, -0.2) is 14.7 Å². The molecule has 1 unspecified atom stereocenters. The maximum Gasteiger partial charge on any atom is 0.0874 e. The molecule has 0 amide bonds. The summed E-state index contributed by atoms with van der Waals surface area (Å²) in [6.07, 6.45) is 3.72. The van der Waals surface area contributed by atoms with Gasteiger partial charge < -0.3 is 5.11 Å². The molecule has 0 radical (unpaired) electrons. The van der Waals surface area contributed by atoms with Crippen LogP contribution in [0.3, 0.4) is 0 Å². The predicted octanol–water partition coefficient (Wildman–Crippen LogP) is 3.43. The van der Waals surface area contributed by atoms with Gasteiger partial charge in [0.1, 0.15) is 0 Å². The molecular weight excluding hydrogens is 312 g/mol. The highest BCUT2D eigenvalue weighted by Crippen LogP contribution is 2.27. The minimum atomic E-state index is -0.518. The van der Waals surface area contributed by atoms with Gasteiger partial charge >= 0.3 is 0 Å². The van der Waals surface area contributed by atoms with E-state index in [1.165, 1.54) is 0 Å². The Morgan fingerprint density at radius 3 is 3.11 bits per heavy atom. The van der Waals surface area contributed by atoms with Crippen LogP contribution in [0, 0.1) is 0 Å². The molecule has 0 aliphatic rings. The van der Waals surface area contributed by atoms with E-state index in [2.05, 4.69) is 21.0 Å². The zero-order valence-electron chi connectivity index (χ0n) is 9.45. The van der Waals surface area contributed by atoms with Gasteiger partial charge in [0.25, 0.3) is 0 Å². The van der Waals surface area contributed by atoms with Gasteiger partial charge in [-0.2, -0.15) is 5.10 Å². The number of aliphatic hydroxyl groups excluding tert-OH is 1. The Morgan fingerprint density at radius 2 is 2.33 bits per heavy atom. The lowest BCUT2D eigenvalue weighted by Gasteiger charge is -2.07. The van der Waals surface area contributed by atoms with Crippen molar-refractivity contribution in [2.75, 3.05) is 0 Å². The highest BCUT2D eigenvalue weighted by Gasteiger charge is 2.14. The van der Waals surface area contributed by atoms with Crippen LogP contribution in [0.5, 0.6) is 0 Å². The number of nitrogens with zero attached hydrogens (tertiary/aromatic N) is 2. The topological polar surface area (TPSA) is 37.5 Å². The van der Waals surface area contributed by atoms with E-state index in [0.29, 0.717) is 6.42 Å². The summed E-state index contributed by atoms with van der Waals surface area (Å²) >= 11 is 5.07. The molecule has 0 spiro atoms. The fourth-order valence-electron chi connectivity index (χ4n) is 1.97. The van der Waals surface area contributed by atoms with E-state index in [9.17, 15) is 5.11 Å². The Morgan fingerprint density at radius 1 is 1.44 bits per heavy atom. The second-order valence-corrected chi connectivity index (χ2v) is 5.99. The number of hydrogen-bond donors (Lipinski definition) is 1. The number of hydrogen-bond acceptors (Lipinski definition) is 3. The molecule has 0 aromatic carbocycles. The molecular formula is C13H11BrN2OS. The van der Waals surface area contributed by atoms with Crippen molar-refractivity contribution in [3.05, 3.63) is 57.0 Å². The SMILES string of the molecule is OC(Cc1cc(Br)cs1)c1cnn2ccccc12. The fraction of sp³-hybridized carbons (Fsp3) is 0.154. The van der Waals surface area contributed by atoms with Crippen molar-refractivity contribution in [3.63, 3.8) is 0 Å². The highest BCUT2D eigenvalue weighted by molar-refractivity contribution is 9.10. The molecule has 0 bridgehead atoms. The number of aromatic nitrogens is 2. The molecule has 0 saturated carbocycles. The third-order valence-corrected chi connectivity index (χ3v) is 4.55. The van der Waals surface area contributed by atoms with E-state index < -0.39 is 6.10 Å². The third kappa shape index (κ3) is 2.21. The molecule has 3 aromatic heterocycles. The van der Waals surface area contributed by atoms with Crippen LogP contribution in [0.2, 0.25) is 0 Å². The largest absolute Gasteiger partial charge is 0.388 e. The standard InChI is InChI=1S/C13H11BrN2OS/c14-9-5-10(18-8-9)6-13(17)11-7-15-16-4-2-1-3-12(11)16/h1-5,7-8,13,17H,6H2. The van der Waals surface area contributed by atoms with Crippen molar-refractivity contribution >= 4 is 32.8 Å². The van der Waals surface area contributed by atoms with Gasteiger partial charge in [-0.3, -0.25) is 0 Å². The van der Waals surface area contributed by atoms with Gasteiger partial charge in [-0.15, -0.1) is 11.3 Å². The molecule has 1 atom stereocenters. The molecule has 3 aromatic rings. The second kappa shape index (κ2) is 4.84. The molecule has 0 aliphatic carbocycles. The molecule has 92 valence electrons. The second-order valence-electron chi connectivity index (χ2n) is 4.08. The van der Waals surface area contributed by atoms with Gasteiger partial charge in [0.05, 0.1) is 17.8 Å². The van der Waals surface area contributed by atoms with Gasteiger partial charge in [-0.05, 0) is 34.1 Å². The number of rotatable bonds is 3. The first-order valence-electron chi connectivity index (χ1n) is 5.57. The van der Waals surface area contributed by atoms with Crippen molar-refractivity contribution in [3.8, 4) is 0 Å². The molecule has 0 fully saturated rings. The zero-order chi connectivity index (χ0) is 12.5. The van der Waals surface area contributed by atoms with Crippen molar-refractivity contribution in [2.45, 2.75) is 12.5 Å². The molecule has 3 heterocycles. The minimum Gasteiger partial charge on any atom is -0.388 e. The van der Waals surface area contributed by atoms with E-state index in [1.807, 2.05) is 35.8 Å². The zero-order valence-corrected chi connectivity index (χ0v) is 11.9. The van der Waals surface area contributed by atoms with Crippen LogP contribution in [0.25, 0.3) is 5.52 Å². The Bertz CT molecular complexity index is 676. The van der Waals surface area contributed by atoms with Crippen LogP contribution in [-0.2, 0) is 6.42 Å². The van der Waals surface area contributed by atoms with E-state index in [0.717, 1.165) is 20.4 Å². The summed E-state index contributed by atoms with van der Waals surface area (Å²) in [6, 6.07) is 7.89. The first-order chi connectivity index (χ1) is 8.74. The van der Waals surface area contributed by atoms with Crippen molar-refractivity contribution < 1.29 is 5.11 Å². The van der Waals surface area contributed by atoms with Crippen molar-refractivity contribution in [1.82, 2.24) is 9.61 Å². The van der Waals surface area contributed by atoms with Crippen LogP contribution < -0.4 is 0 Å². The maximum atomic E-state index is 10.3. The normalized spacial score (nSPS) is 13.0. The minimum absolute atomic E-state index is 0.518. The number of fused-ring (bicyclic) bond motifs is 1. The highest BCUT2D eigenvalue weighted by atomic mass is 79.9. The molecule has 0 saturated heterocycles. The molecule has 3 nitrogen and oxygen atoms in total. The monoisotopic (exact) mass is 322 g/mol. The number of aliphatic hydroxyl groups is 1. The third-order valence-electron chi connectivity index (χ3n) is 2.83. The maximum absolute atomic E-state index is 10.3. The molecule has 5 heteroatoms. The Labute approximate surface area is 117 Å². The Hall–Kier alpha value is -1.17. The summed E-state index contributed by atoms with van der Waals surface area (Å²) in [4.78, 5) is 1.16. The molecule has 18 heavy (non-hydrogen) atoms. The molecule has 3 rings (SSSR count). The van der Waals surface area contributed by atoms with Gasteiger partial charge in [0.15, 0.2) is 0 Å². The van der Waals surface area contributed by atoms with E-state index in [-0.39, 0.29) is 0 Å². The number of halogens is 1. The van der Waals surface area contributed by atoms with Crippen molar-refractivity contribution in [1.29, 1.82) is 0 Å². The molecule has 1 N–H and O–H groups in total. The average molecular weight is 323 g/mol. The first-order valence-corrected chi connectivity index (χ1v) is 7.24. The van der Waals surface area contributed by atoms with Crippen molar-refractivity contribution in [2.24, 2.45) is 0 Å². The smallest absolute Gasteiger partial charge is 0.0874 e. The lowest BCUT2D eigenvalue weighted by atomic mass is 10.1. The Kier molecular flexibility index (Phi) is 3.20. The summed E-state index contributed by atoms with van der Waals surface area (Å²) in [5.41, 5.74) is 1.83. The summed E-state index contributed by atoms with van der Waals surface area (Å²) in [6.45, 7) is 0. The quantitative estimate of drug-likeness (QED) is 0.802. The van der Waals surface area contributed by atoms with Gasteiger partial charge in [0.2, 0.25) is 0 Å². The van der Waals surface area contributed by atoms with Crippen LogP contribution >= 0.6 is 27.3 Å². The summed E-state index contributed by atoms with van der Waals surface area (Å²) in [5, 5.41) is 16.6. The van der Waals surface area contributed by atoms with Crippen LogP contribution in [0.4, 0.5) is 0 Å². The van der Waals surface area contributed by atoms with Crippen LogP contribution in [0.15, 0.2) is 46.5 Å². The summed E-state index contributed by atoms with van der Waals surface area (Å²) in [7, 11) is 0. The first kappa shape index (κ1) is 11.9. The van der Waals surface area contributed by atoms with E-state index in [4.69, 9.17) is 0 Å². The number of pyridine rings is 1. The average Bonchev–Trinajstić information content (AvgIpc) is 2.95. The lowest BCUT2D eigenvalue weighted by molar-refractivity contribution is 0.181. The van der Waals surface area contributed by atoms with E-state index >= 15 is 0 Å². The molecule has 0 aliphatic heterocycles. The summed E-state index contributed by atoms with van der Waals surface area (Å²) in [5.74, 6) is 0. The predicted molar refractivity (Wildman–Crippen MR) is 75.9 cm³/mol. The Balaban J connectivity index is 1.90. The van der Waals surface area contributed by atoms with Gasteiger partial charge in [0, 0.05) is 32.9 Å². The lowest BCUT2D eigenvalue weighted by Crippen LogP contribution is -2.00. The van der Waals surface area contributed by atoms with Crippen LogP contribution in [0.1, 0.15) is 16.5 Å². The van der Waals surface area contributed by atoms with E-state index in [1.54, 1.807) is 22.0 Å². The van der Waals surface area contributed by atoms with Gasteiger partial charge in [-0.1, -0.05) is 6.07 Å². The number of thiophene rings is 1. The summed E-state index contributed by atoms with van der Waals surface area (Å²) < 4.78 is 2.85. The van der Waals surface area contributed by atoms with Gasteiger partial charge in [-0.25, -0.2) is 4.52 Å².